The molecule has 1 aliphatic rings. The number of allylic oxidation sites excluding steroid dienone is 3. The summed E-state index contributed by atoms with van der Waals surface area (Å²) in [6.07, 6.45) is 3.29. The maximum Gasteiger partial charge on any atom is 0.283 e. The Morgan fingerprint density at radius 3 is 2.54 bits per heavy atom. The Kier molecular flexibility index (Phi) is 5.34. The zero-order chi connectivity index (χ0) is 18.9. The van der Waals surface area contributed by atoms with Gasteiger partial charge >= 0.3 is 0 Å². The first-order chi connectivity index (χ1) is 12.3. The second-order valence-electron chi connectivity index (χ2n) is 5.20. The molecular weight excluding hydrogens is 415 g/mol. The van der Waals surface area contributed by atoms with Crippen molar-refractivity contribution in [3.63, 3.8) is 0 Å². The predicted octanol–water partition coefficient (Wildman–Crippen LogP) is 4.19. The molecule has 0 radical (unpaired) electrons. The van der Waals surface area contributed by atoms with Crippen molar-refractivity contribution in [1.29, 1.82) is 0 Å². The van der Waals surface area contributed by atoms with E-state index in [-0.39, 0.29) is 15.6 Å². The summed E-state index contributed by atoms with van der Waals surface area (Å²) in [4.78, 5) is 17.3. The van der Waals surface area contributed by atoms with E-state index in [4.69, 9.17) is 23.2 Å². The monoisotopic (exact) mass is 426 g/mol. The second-order valence-corrected chi connectivity index (χ2v) is 8.58. The van der Waals surface area contributed by atoms with Gasteiger partial charge < -0.3 is 0 Å². The Balaban J connectivity index is 1.90. The normalized spacial score (nSPS) is 15.7. The summed E-state index contributed by atoms with van der Waals surface area (Å²) < 4.78 is 26.8. The highest BCUT2D eigenvalue weighted by molar-refractivity contribution is 7.90. The van der Waals surface area contributed by atoms with E-state index in [1.165, 1.54) is 35.6 Å². The Morgan fingerprint density at radius 2 is 1.92 bits per heavy atom. The van der Waals surface area contributed by atoms with Crippen LogP contribution in [0.4, 0.5) is 0 Å². The molecule has 0 spiro atoms. The van der Waals surface area contributed by atoms with E-state index < -0.39 is 15.9 Å². The largest absolute Gasteiger partial charge is 0.283 e. The first kappa shape index (κ1) is 18.8. The number of thiophene rings is 1. The Hall–Kier alpha value is -1.93. The molecule has 9 heteroatoms. The van der Waals surface area contributed by atoms with Crippen LogP contribution in [0.25, 0.3) is 0 Å². The van der Waals surface area contributed by atoms with Gasteiger partial charge in [0.15, 0.2) is 0 Å². The number of hydrogen-bond acceptors (Lipinski definition) is 5. The fourth-order valence-corrected chi connectivity index (χ4v) is 4.94. The first-order valence-electron chi connectivity index (χ1n) is 7.35. The highest BCUT2D eigenvalue weighted by Gasteiger charge is 2.27. The van der Waals surface area contributed by atoms with E-state index in [1.54, 1.807) is 25.1 Å². The summed E-state index contributed by atoms with van der Waals surface area (Å²) in [5, 5.41) is 2.36. The number of sulfonamides is 1. The van der Waals surface area contributed by atoms with E-state index in [1.807, 2.05) is 10.1 Å². The van der Waals surface area contributed by atoms with Gasteiger partial charge in [0, 0.05) is 0 Å². The van der Waals surface area contributed by atoms with Crippen molar-refractivity contribution in [1.82, 2.24) is 4.72 Å². The molecule has 1 amide bonds. The molecule has 1 aromatic carbocycles. The lowest BCUT2D eigenvalue weighted by molar-refractivity contribution is -0.115. The topological polar surface area (TPSA) is 75.6 Å². The highest BCUT2D eigenvalue weighted by Crippen LogP contribution is 2.30. The lowest BCUT2D eigenvalue weighted by Gasteiger charge is -2.07. The van der Waals surface area contributed by atoms with Gasteiger partial charge in [-0.1, -0.05) is 41.4 Å². The molecule has 1 aliphatic heterocycles. The van der Waals surface area contributed by atoms with E-state index in [2.05, 4.69) is 4.99 Å². The van der Waals surface area contributed by atoms with Crippen LogP contribution >= 0.6 is 34.5 Å². The van der Waals surface area contributed by atoms with Gasteiger partial charge in [-0.3, -0.25) is 4.79 Å². The molecule has 2 heterocycles. The van der Waals surface area contributed by atoms with Gasteiger partial charge in [-0.25, -0.2) is 18.1 Å². The van der Waals surface area contributed by atoms with Crippen LogP contribution in [-0.2, 0) is 14.8 Å². The highest BCUT2D eigenvalue weighted by atomic mass is 35.5. The van der Waals surface area contributed by atoms with Crippen LogP contribution in [0.2, 0.25) is 10.0 Å². The number of carbonyl (C=O) groups is 1. The summed E-state index contributed by atoms with van der Waals surface area (Å²) >= 11 is 13.4. The van der Waals surface area contributed by atoms with Gasteiger partial charge in [0.1, 0.15) is 10.6 Å². The third-order valence-corrected chi connectivity index (χ3v) is 6.71. The Labute approximate surface area is 164 Å². The van der Waals surface area contributed by atoms with E-state index >= 15 is 0 Å². The molecule has 0 aliphatic carbocycles. The second kappa shape index (κ2) is 7.36. The van der Waals surface area contributed by atoms with Crippen molar-refractivity contribution >= 4 is 56.2 Å². The van der Waals surface area contributed by atoms with Crippen LogP contribution in [0, 0.1) is 0 Å². The average Bonchev–Trinajstić information content (AvgIpc) is 3.20. The van der Waals surface area contributed by atoms with Crippen molar-refractivity contribution in [2.75, 3.05) is 0 Å². The molecule has 3 rings (SSSR count). The molecule has 0 unspecified atom stereocenters. The summed E-state index contributed by atoms with van der Waals surface area (Å²) in [5.74, 6) is -0.841. The van der Waals surface area contributed by atoms with Gasteiger partial charge in [-0.15, -0.1) is 11.3 Å². The summed E-state index contributed by atoms with van der Waals surface area (Å²) in [6, 6.07) is 7.60. The average molecular weight is 427 g/mol. The van der Waals surface area contributed by atoms with Crippen molar-refractivity contribution in [2.24, 2.45) is 4.99 Å². The van der Waals surface area contributed by atoms with Crippen molar-refractivity contribution in [3.8, 4) is 0 Å². The summed E-state index contributed by atoms with van der Waals surface area (Å²) in [6.45, 7) is 1.80. The zero-order valence-corrected chi connectivity index (χ0v) is 16.5. The molecule has 1 N–H and O–H groups in total. The number of carbonyl (C=O) groups excluding carboxylic acids is 1. The maximum atomic E-state index is 12.4. The fraction of sp³-hybridized carbons (Fsp3) is 0.0588. The van der Waals surface area contributed by atoms with Crippen molar-refractivity contribution in [3.05, 3.63) is 74.1 Å². The number of nitrogens with zero attached hydrogens (tertiary/aromatic N) is 1. The van der Waals surface area contributed by atoms with E-state index in [0.29, 0.717) is 21.2 Å². The standard InChI is InChI=1S/C17H12Cl2N2O3S2/c1-2-10-9-13(20-15(10)16-12(19)7-8-25-16)17(22)21-26(23,24)14-6-4-3-5-11(14)18/h2-9H,1H3,(H,21,22)/b10-2+. The maximum absolute atomic E-state index is 12.4. The molecule has 2 aromatic rings. The Bertz CT molecular complexity index is 1080. The van der Waals surface area contributed by atoms with Crippen LogP contribution in [0.15, 0.2) is 69.0 Å². The number of amides is 1. The van der Waals surface area contributed by atoms with Crippen LogP contribution in [-0.4, -0.2) is 20.0 Å². The molecule has 26 heavy (non-hydrogen) atoms. The SMILES string of the molecule is C/C=C1\C=C(C(=O)NS(=O)(=O)c2ccccc2Cl)N=C1c1sccc1Cl. The van der Waals surface area contributed by atoms with Crippen LogP contribution in [0.1, 0.15) is 11.8 Å². The van der Waals surface area contributed by atoms with E-state index in [9.17, 15) is 13.2 Å². The number of rotatable bonds is 4. The van der Waals surface area contributed by atoms with Crippen molar-refractivity contribution < 1.29 is 13.2 Å². The quantitative estimate of drug-likeness (QED) is 0.795. The smallest absolute Gasteiger partial charge is 0.266 e. The van der Waals surface area contributed by atoms with Gasteiger partial charge in [0.2, 0.25) is 0 Å². The van der Waals surface area contributed by atoms with Crippen LogP contribution in [0.3, 0.4) is 0 Å². The fourth-order valence-electron chi connectivity index (χ4n) is 2.31. The van der Waals surface area contributed by atoms with E-state index in [0.717, 1.165) is 0 Å². The molecule has 0 bridgehead atoms. The third-order valence-electron chi connectivity index (χ3n) is 3.53. The third kappa shape index (κ3) is 3.61. The summed E-state index contributed by atoms with van der Waals surface area (Å²) in [7, 11) is -4.12. The lowest BCUT2D eigenvalue weighted by Crippen LogP contribution is -2.31. The predicted molar refractivity (Wildman–Crippen MR) is 104 cm³/mol. The summed E-state index contributed by atoms with van der Waals surface area (Å²) in [5.41, 5.74) is 1.20. The van der Waals surface area contributed by atoms with Gasteiger partial charge in [0.05, 0.1) is 20.6 Å². The van der Waals surface area contributed by atoms with Crippen LogP contribution < -0.4 is 4.72 Å². The molecule has 1 aromatic heterocycles. The number of nitrogens with one attached hydrogen (secondary N) is 1. The molecule has 5 nitrogen and oxygen atoms in total. The minimum atomic E-state index is -4.12. The first-order valence-corrected chi connectivity index (χ1v) is 10.5. The van der Waals surface area contributed by atoms with Crippen LogP contribution in [0.5, 0.6) is 0 Å². The van der Waals surface area contributed by atoms with Gasteiger partial charge in [-0.05, 0) is 42.2 Å². The number of benzene rings is 1. The molecule has 0 saturated heterocycles. The molecule has 0 atom stereocenters. The minimum Gasteiger partial charge on any atom is -0.266 e. The number of hydrogen-bond donors (Lipinski definition) is 1. The molecular formula is C17H12Cl2N2O3S2. The van der Waals surface area contributed by atoms with Gasteiger partial charge in [-0.2, -0.15) is 0 Å². The Morgan fingerprint density at radius 1 is 1.19 bits per heavy atom. The number of aliphatic imine (C=N–C) groups is 1. The lowest BCUT2D eigenvalue weighted by atomic mass is 10.1. The zero-order valence-electron chi connectivity index (χ0n) is 13.4. The van der Waals surface area contributed by atoms with Gasteiger partial charge in [0.25, 0.3) is 15.9 Å². The molecule has 134 valence electrons. The molecule has 0 saturated carbocycles. The van der Waals surface area contributed by atoms with Crippen molar-refractivity contribution in [2.45, 2.75) is 11.8 Å². The minimum absolute atomic E-state index is 0.0202. The number of halogens is 2. The molecule has 0 fully saturated rings.